The molecule has 0 spiro atoms. The maximum Gasteiger partial charge on any atom is 0.347 e. The van der Waals surface area contributed by atoms with Crippen molar-refractivity contribution in [3.05, 3.63) is 45.9 Å². The van der Waals surface area contributed by atoms with Crippen molar-refractivity contribution in [2.45, 2.75) is 13.3 Å². The first-order chi connectivity index (χ1) is 8.65. The Morgan fingerprint density at radius 1 is 1.39 bits per heavy atom. The molecule has 0 unspecified atom stereocenters. The summed E-state index contributed by atoms with van der Waals surface area (Å²) in [5.41, 5.74) is 1.19. The molecule has 0 saturated heterocycles. The fourth-order valence-corrected chi connectivity index (χ4v) is 2.15. The zero-order valence-electron chi connectivity index (χ0n) is 9.92. The van der Waals surface area contributed by atoms with Gasteiger partial charge in [-0.15, -0.1) is 11.3 Å². The molecule has 2 aromatic rings. The van der Waals surface area contributed by atoms with Crippen molar-refractivity contribution in [2.24, 2.45) is 0 Å². The highest BCUT2D eigenvalue weighted by atomic mass is 32.1. The first-order valence-corrected chi connectivity index (χ1v) is 6.34. The average molecular weight is 263 g/mol. The van der Waals surface area contributed by atoms with Crippen LogP contribution in [0.5, 0.6) is 5.75 Å². The summed E-state index contributed by atoms with van der Waals surface area (Å²) in [7, 11) is 0. The number of rotatable bonds is 5. The molecule has 1 aromatic carbocycles. The third-order valence-corrected chi connectivity index (χ3v) is 3.42. The number of nitrogens with zero attached hydrogens (tertiary/aromatic N) is 1. The van der Waals surface area contributed by atoms with Gasteiger partial charge in [0.15, 0.2) is 0 Å². The topological polar surface area (TPSA) is 59.4 Å². The quantitative estimate of drug-likeness (QED) is 0.901. The van der Waals surface area contributed by atoms with Crippen molar-refractivity contribution < 1.29 is 14.6 Å². The highest BCUT2D eigenvalue weighted by molar-refractivity contribution is 7.13. The molecule has 0 amide bonds. The van der Waals surface area contributed by atoms with E-state index in [0.29, 0.717) is 13.0 Å². The van der Waals surface area contributed by atoms with Crippen molar-refractivity contribution in [3.63, 3.8) is 0 Å². The van der Waals surface area contributed by atoms with E-state index in [1.165, 1.54) is 23.1 Å². The fraction of sp³-hybridized carbons (Fsp3) is 0.231. The molecule has 5 heteroatoms. The molecule has 2 rings (SSSR count). The maximum atomic E-state index is 10.7. The number of ether oxygens (including phenoxy) is 1. The highest BCUT2D eigenvalue weighted by Gasteiger charge is 2.08. The minimum absolute atomic E-state index is 0.264. The van der Waals surface area contributed by atoms with Gasteiger partial charge in [-0.3, -0.25) is 0 Å². The second-order valence-corrected chi connectivity index (χ2v) is 4.95. The molecule has 0 radical (unpaired) electrons. The largest absolute Gasteiger partial charge is 0.493 e. The number of hydrogen-bond donors (Lipinski definition) is 1. The number of aromatic carboxylic acids is 1. The summed E-state index contributed by atoms with van der Waals surface area (Å²) < 4.78 is 5.55. The first-order valence-electron chi connectivity index (χ1n) is 5.52. The smallest absolute Gasteiger partial charge is 0.347 e. The summed E-state index contributed by atoms with van der Waals surface area (Å²) in [6, 6.07) is 7.81. The lowest BCUT2D eigenvalue weighted by molar-refractivity contribution is 0.0702. The molecular weight excluding hydrogens is 250 g/mol. The van der Waals surface area contributed by atoms with Gasteiger partial charge in [-0.25, -0.2) is 9.78 Å². The zero-order valence-corrected chi connectivity index (χ0v) is 10.7. The summed E-state index contributed by atoms with van der Waals surface area (Å²) in [5, 5.41) is 9.54. The maximum absolute atomic E-state index is 10.7. The number of carboxylic acid groups (broad SMARTS) is 1. The van der Waals surface area contributed by atoms with E-state index in [-0.39, 0.29) is 4.88 Å². The van der Waals surface area contributed by atoms with Crippen LogP contribution < -0.4 is 4.74 Å². The van der Waals surface area contributed by atoms with E-state index in [1.54, 1.807) is 0 Å². The second-order valence-electron chi connectivity index (χ2n) is 3.83. The molecule has 1 N–H and O–H groups in total. The zero-order chi connectivity index (χ0) is 13.0. The Bertz CT molecular complexity index is 533. The molecule has 0 aliphatic carbocycles. The van der Waals surface area contributed by atoms with Gasteiger partial charge in [0.1, 0.15) is 10.6 Å². The SMILES string of the molecule is Cc1ccc(OCCc2ncc(C(=O)O)s2)cc1. The van der Waals surface area contributed by atoms with E-state index in [2.05, 4.69) is 4.98 Å². The fourth-order valence-electron chi connectivity index (χ4n) is 1.42. The molecule has 0 atom stereocenters. The molecule has 4 nitrogen and oxygen atoms in total. The number of thiazole rings is 1. The molecule has 1 heterocycles. The van der Waals surface area contributed by atoms with E-state index < -0.39 is 5.97 Å². The standard InChI is InChI=1S/C13H13NO3S/c1-9-2-4-10(5-3-9)17-7-6-12-14-8-11(18-12)13(15)16/h2-5,8H,6-7H2,1H3,(H,15,16). The lowest BCUT2D eigenvalue weighted by atomic mass is 10.2. The highest BCUT2D eigenvalue weighted by Crippen LogP contribution is 2.15. The van der Waals surface area contributed by atoms with Crippen molar-refractivity contribution in [3.8, 4) is 5.75 Å². The predicted octanol–water partition coefficient (Wildman–Crippen LogP) is 2.77. The Balaban J connectivity index is 1.84. The van der Waals surface area contributed by atoms with Crippen molar-refractivity contribution in [2.75, 3.05) is 6.61 Å². The minimum atomic E-state index is -0.932. The number of carbonyl (C=O) groups is 1. The van der Waals surface area contributed by atoms with Gasteiger partial charge in [-0.05, 0) is 19.1 Å². The van der Waals surface area contributed by atoms with Gasteiger partial charge in [0.05, 0.1) is 17.8 Å². The van der Waals surface area contributed by atoms with Crippen LogP contribution in [0, 0.1) is 6.92 Å². The van der Waals surface area contributed by atoms with E-state index in [4.69, 9.17) is 9.84 Å². The van der Waals surface area contributed by atoms with Crippen molar-refractivity contribution >= 4 is 17.3 Å². The third-order valence-electron chi connectivity index (χ3n) is 2.37. The van der Waals surface area contributed by atoms with Gasteiger partial charge in [0.2, 0.25) is 0 Å². The molecule has 0 saturated carbocycles. The number of benzene rings is 1. The molecule has 0 aliphatic rings. The van der Waals surface area contributed by atoms with Crippen LogP contribution in [0.3, 0.4) is 0 Å². The van der Waals surface area contributed by atoms with Crippen LogP contribution in [0.25, 0.3) is 0 Å². The van der Waals surface area contributed by atoms with Crippen LogP contribution in [0.1, 0.15) is 20.2 Å². The van der Waals surface area contributed by atoms with Crippen LogP contribution in [-0.2, 0) is 6.42 Å². The molecule has 0 aliphatic heterocycles. The van der Waals surface area contributed by atoms with Crippen LogP contribution in [0.15, 0.2) is 30.5 Å². The van der Waals surface area contributed by atoms with Crippen LogP contribution in [0.2, 0.25) is 0 Å². The van der Waals surface area contributed by atoms with Gasteiger partial charge < -0.3 is 9.84 Å². The van der Waals surface area contributed by atoms with Gasteiger partial charge in [0.25, 0.3) is 0 Å². The Morgan fingerprint density at radius 3 is 2.72 bits per heavy atom. The number of aryl methyl sites for hydroxylation is 1. The Hall–Kier alpha value is -1.88. The Kier molecular flexibility index (Phi) is 3.94. The predicted molar refractivity (Wildman–Crippen MR) is 69.5 cm³/mol. The number of aromatic nitrogens is 1. The molecule has 0 bridgehead atoms. The van der Waals surface area contributed by atoms with Crippen LogP contribution in [0.4, 0.5) is 0 Å². The first kappa shape index (κ1) is 12.6. The summed E-state index contributed by atoms with van der Waals surface area (Å²) in [5.74, 6) is -0.117. The normalized spacial score (nSPS) is 10.3. The summed E-state index contributed by atoms with van der Waals surface area (Å²) in [4.78, 5) is 15.0. The minimum Gasteiger partial charge on any atom is -0.493 e. The summed E-state index contributed by atoms with van der Waals surface area (Å²) in [6.07, 6.45) is 2.00. The lowest BCUT2D eigenvalue weighted by Gasteiger charge is -2.04. The van der Waals surface area contributed by atoms with Gasteiger partial charge in [0, 0.05) is 6.42 Å². The number of hydrogen-bond acceptors (Lipinski definition) is 4. The van der Waals surface area contributed by atoms with E-state index >= 15 is 0 Å². The monoisotopic (exact) mass is 263 g/mol. The van der Waals surface area contributed by atoms with Crippen LogP contribution in [-0.4, -0.2) is 22.7 Å². The third kappa shape index (κ3) is 3.30. The summed E-state index contributed by atoms with van der Waals surface area (Å²) in [6.45, 7) is 2.52. The average Bonchev–Trinajstić information content (AvgIpc) is 2.81. The Morgan fingerprint density at radius 2 is 2.11 bits per heavy atom. The molecular formula is C13H13NO3S. The van der Waals surface area contributed by atoms with Gasteiger partial charge in [-0.2, -0.15) is 0 Å². The van der Waals surface area contributed by atoms with Crippen molar-refractivity contribution in [1.82, 2.24) is 4.98 Å². The lowest BCUT2D eigenvalue weighted by Crippen LogP contribution is -2.00. The van der Waals surface area contributed by atoms with E-state index in [0.717, 1.165) is 10.8 Å². The van der Waals surface area contributed by atoms with Crippen molar-refractivity contribution in [1.29, 1.82) is 0 Å². The number of carboxylic acids is 1. The van der Waals surface area contributed by atoms with Gasteiger partial charge >= 0.3 is 5.97 Å². The second kappa shape index (κ2) is 5.64. The van der Waals surface area contributed by atoms with E-state index in [1.807, 2.05) is 31.2 Å². The molecule has 94 valence electrons. The molecule has 18 heavy (non-hydrogen) atoms. The van der Waals surface area contributed by atoms with Crippen LogP contribution >= 0.6 is 11.3 Å². The molecule has 0 fully saturated rings. The summed E-state index contributed by atoms with van der Waals surface area (Å²) >= 11 is 1.19. The Labute approximate surface area is 109 Å². The molecule has 1 aromatic heterocycles. The van der Waals surface area contributed by atoms with Gasteiger partial charge in [-0.1, -0.05) is 17.7 Å². The van der Waals surface area contributed by atoms with E-state index in [9.17, 15) is 4.79 Å².